The van der Waals surface area contributed by atoms with Crippen molar-refractivity contribution in [3.05, 3.63) is 88.7 Å². The third-order valence-corrected chi connectivity index (χ3v) is 6.66. The molecule has 4 N–H and O–H groups in total. The number of aliphatic hydroxyl groups is 2. The number of ether oxygens (including phenoxy) is 1. The summed E-state index contributed by atoms with van der Waals surface area (Å²) in [6.07, 6.45) is 5.79. The second-order valence-corrected chi connectivity index (χ2v) is 9.71. The van der Waals surface area contributed by atoms with E-state index in [1.807, 2.05) is 48.5 Å². The van der Waals surface area contributed by atoms with E-state index in [1.54, 1.807) is 12.4 Å². The summed E-state index contributed by atoms with van der Waals surface area (Å²) in [5.74, 6) is 12.6. The number of rotatable bonds is 7. The SMILES string of the molecule is Nc1nc(=O)n([C@H]2C[C@H](O)[C@@H](CO)O2)cc1C#CCCCCC#Cc1cc(-c2ccccn2)nc(-c2ccccn2)c1. The van der Waals surface area contributed by atoms with E-state index in [1.165, 1.54) is 10.8 Å². The lowest BCUT2D eigenvalue weighted by atomic mass is 10.1. The van der Waals surface area contributed by atoms with Crippen LogP contribution in [-0.4, -0.2) is 53.5 Å². The zero-order valence-corrected chi connectivity index (χ0v) is 22.8. The molecule has 0 amide bonds. The highest BCUT2D eigenvalue weighted by molar-refractivity contribution is 5.65. The van der Waals surface area contributed by atoms with Gasteiger partial charge in [0.05, 0.1) is 41.1 Å². The van der Waals surface area contributed by atoms with Gasteiger partial charge in [0.25, 0.3) is 0 Å². The van der Waals surface area contributed by atoms with Gasteiger partial charge in [-0.2, -0.15) is 4.98 Å². The first-order valence-electron chi connectivity index (χ1n) is 13.7. The highest BCUT2D eigenvalue weighted by Gasteiger charge is 2.35. The highest BCUT2D eigenvalue weighted by atomic mass is 16.5. The summed E-state index contributed by atoms with van der Waals surface area (Å²) in [4.78, 5) is 29.8. The Labute approximate surface area is 243 Å². The minimum atomic E-state index is -0.869. The first kappa shape index (κ1) is 28.7. The summed E-state index contributed by atoms with van der Waals surface area (Å²) >= 11 is 0. The third-order valence-electron chi connectivity index (χ3n) is 6.66. The van der Waals surface area contributed by atoms with Crippen LogP contribution in [0.5, 0.6) is 0 Å². The molecule has 0 saturated carbocycles. The molecule has 42 heavy (non-hydrogen) atoms. The van der Waals surface area contributed by atoms with Gasteiger partial charge >= 0.3 is 5.69 Å². The maximum atomic E-state index is 12.3. The Balaban J connectivity index is 1.20. The number of hydrogen-bond acceptors (Lipinski definition) is 9. The molecule has 0 unspecified atom stereocenters. The van der Waals surface area contributed by atoms with E-state index < -0.39 is 24.1 Å². The minimum absolute atomic E-state index is 0.0411. The van der Waals surface area contributed by atoms with Crippen molar-refractivity contribution < 1.29 is 14.9 Å². The molecular formula is C32H30N6O4. The van der Waals surface area contributed by atoms with Crippen LogP contribution in [0.3, 0.4) is 0 Å². The van der Waals surface area contributed by atoms with Gasteiger partial charge in [-0.3, -0.25) is 14.5 Å². The molecule has 5 rings (SSSR count). The van der Waals surface area contributed by atoms with Gasteiger partial charge in [-0.15, -0.1) is 0 Å². The van der Waals surface area contributed by atoms with Crippen LogP contribution in [0.4, 0.5) is 5.82 Å². The number of nitrogens with zero attached hydrogens (tertiary/aromatic N) is 5. The topological polar surface area (TPSA) is 149 Å². The van der Waals surface area contributed by atoms with Gasteiger partial charge in [0.15, 0.2) is 0 Å². The molecule has 0 bridgehead atoms. The Hall–Kier alpha value is -4.87. The van der Waals surface area contributed by atoms with Crippen molar-refractivity contribution in [2.24, 2.45) is 0 Å². The van der Waals surface area contributed by atoms with E-state index >= 15 is 0 Å². The number of unbranched alkanes of at least 4 members (excludes halogenated alkanes) is 3. The average molecular weight is 563 g/mol. The maximum Gasteiger partial charge on any atom is 0.351 e. The normalized spacial score (nSPS) is 17.6. The Kier molecular flexibility index (Phi) is 9.32. The smallest absolute Gasteiger partial charge is 0.351 e. The van der Waals surface area contributed by atoms with Crippen molar-refractivity contribution in [3.63, 3.8) is 0 Å². The van der Waals surface area contributed by atoms with Crippen LogP contribution in [0.2, 0.25) is 0 Å². The predicted octanol–water partition coefficient (Wildman–Crippen LogP) is 2.95. The summed E-state index contributed by atoms with van der Waals surface area (Å²) in [6.45, 7) is -0.340. The van der Waals surface area contributed by atoms with Crippen molar-refractivity contribution in [1.29, 1.82) is 0 Å². The van der Waals surface area contributed by atoms with Crippen LogP contribution in [0.1, 0.15) is 49.5 Å². The van der Waals surface area contributed by atoms with Crippen molar-refractivity contribution in [1.82, 2.24) is 24.5 Å². The molecular weight excluding hydrogens is 532 g/mol. The standard InChI is InChI=1S/C32H30N6O4/c33-31-23(20-38(32(41)37-31)30-19-28(40)29(21-39)42-30)12-6-4-2-1-3-5-11-22-17-26(24-13-7-9-15-34-24)36-27(18-22)25-14-8-10-16-35-25/h7-10,13-18,20,28-30,39-40H,1-4,19,21H2,(H2,33,37,41)/t28-,29+,30+/m0/s1. The van der Waals surface area contributed by atoms with Gasteiger partial charge in [-0.1, -0.05) is 35.8 Å². The molecule has 5 heterocycles. The number of nitrogen functional groups attached to an aromatic ring is 1. The Morgan fingerprint density at radius 1 is 0.929 bits per heavy atom. The molecule has 212 valence electrons. The second-order valence-electron chi connectivity index (χ2n) is 9.71. The van der Waals surface area contributed by atoms with Crippen molar-refractivity contribution in [3.8, 4) is 46.5 Å². The quantitative estimate of drug-likeness (QED) is 0.228. The van der Waals surface area contributed by atoms with E-state index in [4.69, 9.17) is 15.5 Å². The highest BCUT2D eigenvalue weighted by Crippen LogP contribution is 2.28. The number of nitrogens with two attached hydrogens (primary N) is 1. The number of aliphatic hydroxyl groups excluding tert-OH is 2. The Bertz CT molecular complexity index is 1650. The maximum absolute atomic E-state index is 12.3. The first-order valence-corrected chi connectivity index (χ1v) is 13.7. The molecule has 1 aliphatic rings. The van der Waals surface area contributed by atoms with Crippen LogP contribution in [-0.2, 0) is 4.74 Å². The van der Waals surface area contributed by atoms with Crippen LogP contribution in [0, 0.1) is 23.7 Å². The summed E-state index contributed by atoms with van der Waals surface area (Å²) in [7, 11) is 0. The molecule has 0 spiro atoms. The summed E-state index contributed by atoms with van der Waals surface area (Å²) in [5.41, 5.74) is 9.58. The number of anilines is 1. The Morgan fingerprint density at radius 3 is 2.14 bits per heavy atom. The van der Waals surface area contributed by atoms with Gasteiger partial charge < -0.3 is 20.7 Å². The zero-order chi connectivity index (χ0) is 29.3. The molecule has 0 aromatic carbocycles. The minimum Gasteiger partial charge on any atom is -0.394 e. The fraction of sp³-hybridized carbons (Fsp3) is 0.281. The first-order chi connectivity index (χ1) is 20.5. The lowest BCUT2D eigenvalue weighted by Gasteiger charge is -2.14. The van der Waals surface area contributed by atoms with Crippen molar-refractivity contribution in [2.45, 2.75) is 50.5 Å². The van der Waals surface area contributed by atoms with Gasteiger partial charge in [0.1, 0.15) is 18.1 Å². The molecule has 1 saturated heterocycles. The fourth-order valence-corrected chi connectivity index (χ4v) is 4.48. The van der Waals surface area contributed by atoms with Crippen molar-refractivity contribution in [2.75, 3.05) is 12.3 Å². The average Bonchev–Trinajstić information content (AvgIpc) is 3.40. The van der Waals surface area contributed by atoms with E-state index in [-0.39, 0.29) is 18.8 Å². The monoisotopic (exact) mass is 562 g/mol. The Morgan fingerprint density at radius 2 is 1.57 bits per heavy atom. The third kappa shape index (κ3) is 7.06. The molecule has 1 fully saturated rings. The molecule has 1 aliphatic heterocycles. The van der Waals surface area contributed by atoms with Crippen LogP contribution in [0.25, 0.3) is 22.8 Å². The van der Waals surface area contributed by atoms with Gasteiger partial charge in [0, 0.05) is 43.4 Å². The largest absolute Gasteiger partial charge is 0.394 e. The summed E-state index contributed by atoms with van der Waals surface area (Å²) in [6, 6.07) is 15.3. The number of aromatic nitrogens is 5. The summed E-state index contributed by atoms with van der Waals surface area (Å²) < 4.78 is 6.82. The molecule has 10 nitrogen and oxygen atoms in total. The summed E-state index contributed by atoms with van der Waals surface area (Å²) in [5, 5.41) is 19.3. The van der Waals surface area contributed by atoms with Gasteiger partial charge in [-0.05, 0) is 49.2 Å². The lowest BCUT2D eigenvalue weighted by Crippen LogP contribution is -2.28. The molecule has 0 radical (unpaired) electrons. The predicted molar refractivity (Wildman–Crippen MR) is 157 cm³/mol. The molecule has 10 heteroatoms. The lowest BCUT2D eigenvalue weighted by molar-refractivity contribution is -0.0458. The van der Waals surface area contributed by atoms with Gasteiger partial charge in [0.2, 0.25) is 0 Å². The molecule has 3 atom stereocenters. The van der Waals surface area contributed by atoms with E-state index in [0.29, 0.717) is 18.4 Å². The van der Waals surface area contributed by atoms with Crippen LogP contribution >= 0.6 is 0 Å². The number of pyridine rings is 3. The second kappa shape index (κ2) is 13.7. The van der Waals surface area contributed by atoms with E-state index in [0.717, 1.165) is 41.2 Å². The zero-order valence-electron chi connectivity index (χ0n) is 22.8. The van der Waals surface area contributed by atoms with Crippen LogP contribution < -0.4 is 11.4 Å². The van der Waals surface area contributed by atoms with E-state index in [2.05, 4.69) is 38.6 Å². The van der Waals surface area contributed by atoms with E-state index in [9.17, 15) is 15.0 Å². The molecule has 0 aliphatic carbocycles. The van der Waals surface area contributed by atoms with Crippen molar-refractivity contribution >= 4 is 5.82 Å². The molecule has 4 aromatic heterocycles. The fourth-order valence-electron chi connectivity index (χ4n) is 4.48. The number of hydrogen-bond donors (Lipinski definition) is 3. The van der Waals surface area contributed by atoms with Crippen LogP contribution in [0.15, 0.2) is 71.9 Å². The molecule has 4 aromatic rings. The van der Waals surface area contributed by atoms with Gasteiger partial charge in [-0.25, -0.2) is 9.78 Å².